The monoisotopic (exact) mass is 255 g/mol. The highest BCUT2D eigenvalue weighted by atomic mass is 35.5. The molecule has 2 rings (SSSR count). The van der Waals surface area contributed by atoms with Crippen LogP contribution in [0.3, 0.4) is 0 Å². The van der Waals surface area contributed by atoms with Crippen molar-refractivity contribution in [2.24, 2.45) is 0 Å². The summed E-state index contributed by atoms with van der Waals surface area (Å²) in [7, 11) is 0. The average Bonchev–Trinajstić information content (AvgIpc) is 2.53. The van der Waals surface area contributed by atoms with Gasteiger partial charge < -0.3 is 17.5 Å². The van der Waals surface area contributed by atoms with Crippen LogP contribution in [-0.4, -0.2) is 5.11 Å². The normalized spacial score (nSPS) is 11.5. The number of aliphatic hydroxyl groups is 1. The zero-order valence-corrected chi connectivity index (χ0v) is 10.8. The number of aryl methyl sites for hydroxylation is 1. The van der Waals surface area contributed by atoms with Gasteiger partial charge >= 0.3 is 0 Å². The van der Waals surface area contributed by atoms with Gasteiger partial charge in [0.25, 0.3) is 5.01 Å². The number of hydrogen-bond donors (Lipinski definition) is 1. The third-order valence-electron chi connectivity index (χ3n) is 2.29. The highest BCUT2D eigenvalue weighted by Gasteiger charge is 2.16. The molecule has 0 aliphatic rings. The average molecular weight is 256 g/mol. The van der Waals surface area contributed by atoms with E-state index in [9.17, 15) is 5.11 Å². The van der Waals surface area contributed by atoms with Gasteiger partial charge in [0.2, 0.25) is 5.52 Å². The number of fused-ring (bicyclic) bond motifs is 1. The Balaban J connectivity index is 0.00000128. The first-order valence-electron chi connectivity index (χ1n) is 5.01. The fourth-order valence-corrected chi connectivity index (χ4v) is 2.89. The summed E-state index contributed by atoms with van der Waals surface area (Å²) in [4.78, 5) is 0. The van der Waals surface area contributed by atoms with E-state index in [1.54, 1.807) is 18.3 Å². The van der Waals surface area contributed by atoms with Crippen molar-refractivity contribution in [1.29, 1.82) is 0 Å². The Morgan fingerprint density at radius 2 is 2.12 bits per heavy atom. The Hall–Kier alpha value is -1.06. The number of aliphatic hydroxyl groups excluding tert-OH is 1. The molecule has 2 nitrogen and oxygen atoms in total. The number of thiazole rings is 1. The van der Waals surface area contributed by atoms with Crippen LogP contribution < -0.4 is 17.0 Å². The van der Waals surface area contributed by atoms with Gasteiger partial charge in [-0.15, -0.1) is 0 Å². The molecular formula is C12H14ClNOS. The maximum atomic E-state index is 9.31. The van der Waals surface area contributed by atoms with Gasteiger partial charge in [-0.25, -0.2) is 0 Å². The molecule has 0 radical (unpaired) electrons. The van der Waals surface area contributed by atoms with Crippen LogP contribution in [0.1, 0.15) is 18.9 Å². The molecule has 0 amide bonds. The van der Waals surface area contributed by atoms with Crippen LogP contribution in [0.25, 0.3) is 16.3 Å². The smallest absolute Gasteiger partial charge is 0.266 e. The van der Waals surface area contributed by atoms with Gasteiger partial charge in [-0.1, -0.05) is 23.5 Å². The van der Waals surface area contributed by atoms with Crippen LogP contribution in [0.15, 0.2) is 30.0 Å². The fraction of sp³-hybridized carbons (Fsp3) is 0.250. The molecule has 1 aromatic carbocycles. The van der Waals surface area contributed by atoms with Gasteiger partial charge in [0.1, 0.15) is 11.2 Å². The molecule has 0 fully saturated rings. The van der Waals surface area contributed by atoms with Gasteiger partial charge in [0.05, 0.1) is 11.8 Å². The summed E-state index contributed by atoms with van der Waals surface area (Å²) >= 11 is 1.70. The molecule has 16 heavy (non-hydrogen) atoms. The molecule has 0 aliphatic carbocycles. The minimum absolute atomic E-state index is 0. The van der Waals surface area contributed by atoms with Crippen LogP contribution in [0.4, 0.5) is 0 Å². The second-order valence-corrected chi connectivity index (χ2v) is 4.50. The van der Waals surface area contributed by atoms with E-state index < -0.39 is 0 Å². The molecule has 1 aromatic heterocycles. The standard InChI is InChI=1S/C12H13NOS.ClH/c1-3-13-10-6-4-5-7-11(10)15-12(13)8-9(2)14;/h4-8H,3H2,1-2H3;1H. The van der Waals surface area contributed by atoms with Crippen molar-refractivity contribution in [1.82, 2.24) is 0 Å². The second kappa shape index (κ2) is 5.32. The van der Waals surface area contributed by atoms with Crippen molar-refractivity contribution in [3.8, 4) is 0 Å². The largest absolute Gasteiger partial charge is 1.00 e. The molecule has 2 aromatic rings. The van der Waals surface area contributed by atoms with Gasteiger partial charge in [-0.05, 0) is 19.9 Å². The van der Waals surface area contributed by atoms with E-state index in [1.807, 2.05) is 18.2 Å². The Kier molecular flexibility index (Phi) is 4.33. The quantitative estimate of drug-likeness (QED) is 0.599. The van der Waals surface area contributed by atoms with Gasteiger partial charge in [0, 0.05) is 6.07 Å². The first-order chi connectivity index (χ1) is 7.22. The summed E-state index contributed by atoms with van der Waals surface area (Å²) in [6.07, 6.45) is 1.81. The molecule has 0 aliphatic heterocycles. The molecule has 0 saturated carbocycles. The highest BCUT2D eigenvalue weighted by molar-refractivity contribution is 7.18. The number of hydrogen-bond acceptors (Lipinski definition) is 2. The number of benzene rings is 1. The van der Waals surface area contributed by atoms with Crippen molar-refractivity contribution in [3.05, 3.63) is 35.0 Å². The first-order valence-corrected chi connectivity index (χ1v) is 5.82. The summed E-state index contributed by atoms with van der Waals surface area (Å²) in [5.74, 6) is 0.351. The summed E-state index contributed by atoms with van der Waals surface area (Å²) in [5.41, 5.74) is 1.23. The molecule has 1 heterocycles. The van der Waals surface area contributed by atoms with E-state index in [0.717, 1.165) is 11.6 Å². The maximum Gasteiger partial charge on any atom is 0.266 e. The number of rotatable bonds is 2. The molecule has 4 heteroatoms. The highest BCUT2D eigenvalue weighted by Crippen LogP contribution is 2.21. The molecule has 1 N–H and O–H groups in total. The molecule has 86 valence electrons. The number of allylic oxidation sites excluding steroid dienone is 1. The van der Waals surface area contributed by atoms with E-state index in [0.29, 0.717) is 5.76 Å². The third-order valence-corrected chi connectivity index (χ3v) is 3.40. The van der Waals surface area contributed by atoms with Crippen LogP contribution in [0.2, 0.25) is 0 Å². The van der Waals surface area contributed by atoms with Crippen molar-refractivity contribution in [3.63, 3.8) is 0 Å². The Bertz CT molecular complexity index is 515. The van der Waals surface area contributed by atoms with Crippen LogP contribution in [0, 0.1) is 0 Å². The SMILES string of the molecule is CC[n+]1c(C=C(C)O)sc2ccccc21.[Cl-]. The van der Waals surface area contributed by atoms with Crippen LogP contribution in [-0.2, 0) is 6.54 Å². The third kappa shape index (κ3) is 2.36. The van der Waals surface area contributed by atoms with Crippen LogP contribution in [0.5, 0.6) is 0 Å². The molecule has 0 saturated heterocycles. The molecule has 0 unspecified atom stereocenters. The summed E-state index contributed by atoms with van der Waals surface area (Å²) in [6, 6.07) is 8.30. The van der Waals surface area contributed by atoms with E-state index in [4.69, 9.17) is 0 Å². The maximum absolute atomic E-state index is 9.31. The first kappa shape index (κ1) is 13.0. The van der Waals surface area contributed by atoms with Crippen LogP contribution >= 0.6 is 11.3 Å². The van der Waals surface area contributed by atoms with E-state index in [-0.39, 0.29) is 12.4 Å². The van der Waals surface area contributed by atoms with Crippen molar-refractivity contribution >= 4 is 27.6 Å². The van der Waals surface area contributed by atoms with Crippen molar-refractivity contribution in [2.75, 3.05) is 0 Å². The predicted molar refractivity (Wildman–Crippen MR) is 64.0 cm³/mol. The second-order valence-electron chi connectivity index (χ2n) is 3.44. The molecule has 0 spiro atoms. The topological polar surface area (TPSA) is 24.1 Å². The Labute approximate surface area is 105 Å². The lowest BCUT2D eigenvalue weighted by Crippen LogP contribution is -3.00. The molecule has 0 atom stereocenters. The van der Waals surface area contributed by atoms with Gasteiger partial charge in [-0.3, -0.25) is 0 Å². The summed E-state index contributed by atoms with van der Waals surface area (Å²) in [6.45, 7) is 4.73. The minimum Gasteiger partial charge on any atom is -1.00 e. The minimum atomic E-state index is 0. The Morgan fingerprint density at radius 3 is 2.75 bits per heavy atom. The molecule has 0 bridgehead atoms. The van der Waals surface area contributed by atoms with Gasteiger partial charge in [-0.2, -0.15) is 4.57 Å². The predicted octanol–water partition coefficient (Wildman–Crippen LogP) is 0.132. The zero-order chi connectivity index (χ0) is 10.8. The summed E-state index contributed by atoms with van der Waals surface area (Å²) < 4.78 is 3.46. The van der Waals surface area contributed by atoms with E-state index in [2.05, 4.69) is 23.6 Å². The van der Waals surface area contributed by atoms with Gasteiger partial charge in [0.15, 0.2) is 0 Å². The molecular weight excluding hydrogens is 242 g/mol. The lowest BCUT2D eigenvalue weighted by molar-refractivity contribution is -0.665. The van der Waals surface area contributed by atoms with Crippen molar-refractivity contribution in [2.45, 2.75) is 20.4 Å². The Morgan fingerprint density at radius 1 is 1.44 bits per heavy atom. The zero-order valence-electron chi connectivity index (χ0n) is 9.27. The number of nitrogens with zero attached hydrogens (tertiary/aromatic N) is 1. The van der Waals surface area contributed by atoms with E-state index >= 15 is 0 Å². The summed E-state index contributed by atoms with van der Waals surface area (Å²) in [5, 5.41) is 10.4. The lowest BCUT2D eigenvalue weighted by atomic mass is 10.3. The fourth-order valence-electron chi connectivity index (χ4n) is 1.67. The van der Waals surface area contributed by atoms with Crippen molar-refractivity contribution < 1.29 is 22.1 Å². The number of para-hydroxylation sites is 1. The van der Waals surface area contributed by atoms with E-state index in [1.165, 1.54) is 10.2 Å². The number of halogens is 1. The lowest BCUT2D eigenvalue weighted by Gasteiger charge is -1.91. The number of aromatic nitrogens is 1.